The van der Waals surface area contributed by atoms with E-state index in [1.165, 1.54) is 12.8 Å². The van der Waals surface area contributed by atoms with Crippen LogP contribution in [0.4, 0.5) is 0 Å². The molecule has 1 aliphatic carbocycles. The molecule has 0 radical (unpaired) electrons. The smallest absolute Gasteiger partial charge is 0.179 e. The van der Waals surface area contributed by atoms with Gasteiger partial charge in [0.05, 0.1) is 18.2 Å². The summed E-state index contributed by atoms with van der Waals surface area (Å²) in [5, 5.41) is 4.19. The van der Waals surface area contributed by atoms with E-state index in [9.17, 15) is 0 Å². The van der Waals surface area contributed by atoms with Crippen molar-refractivity contribution in [1.29, 1.82) is 0 Å². The highest BCUT2D eigenvalue weighted by molar-refractivity contribution is 6.32. The normalized spacial score (nSPS) is 20.3. The van der Waals surface area contributed by atoms with Gasteiger partial charge in [-0.05, 0) is 37.5 Å². The molecule has 3 nitrogen and oxygen atoms in total. The molecule has 0 atom stereocenters. The van der Waals surface area contributed by atoms with Crippen molar-refractivity contribution >= 4 is 11.6 Å². The van der Waals surface area contributed by atoms with Crippen molar-refractivity contribution < 1.29 is 9.47 Å². The Morgan fingerprint density at radius 1 is 1.28 bits per heavy atom. The Balaban J connectivity index is 1.78. The molecule has 1 saturated carbocycles. The molecule has 98 valence electrons. The summed E-state index contributed by atoms with van der Waals surface area (Å²) in [4.78, 5) is 0. The van der Waals surface area contributed by atoms with Crippen LogP contribution in [-0.2, 0) is 6.54 Å². The third-order valence-electron chi connectivity index (χ3n) is 3.58. The fourth-order valence-corrected chi connectivity index (χ4v) is 2.35. The molecule has 1 fully saturated rings. The highest BCUT2D eigenvalue weighted by atomic mass is 35.5. The largest absolute Gasteiger partial charge is 0.489 e. The van der Waals surface area contributed by atoms with Gasteiger partial charge in [-0.1, -0.05) is 11.6 Å². The number of rotatable bonds is 3. The Morgan fingerprint density at radius 2 is 2.06 bits per heavy atom. The standard InChI is InChI=1S/C14H18ClNO2/c1-14(3-4-14)16-9-10-7-11(15)13-12(8-10)17-5-2-6-18-13/h7-8,16H,2-6,9H2,1H3. The summed E-state index contributed by atoms with van der Waals surface area (Å²) in [6.07, 6.45) is 3.41. The van der Waals surface area contributed by atoms with Gasteiger partial charge in [0.15, 0.2) is 11.5 Å². The lowest BCUT2D eigenvalue weighted by atomic mass is 10.2. The van der Waals surface area contributed by atoms with E-state index in [1.807, 2.05) is 12.1 Å². The maximum atomic E-state index is 6.25. The maximum Gasteiger partial charge on any atom is 0.179 e. The van der Waals surface area contributed by atoms with Crippen LogP contribution in [-0.4, -0.2) is 18.8 Å². The van der Waals surface area contributed by atoms with Gasteiger partial charge < -0.3 is 14.8 Å². The molecule has 3 rings (SSSR count). The quantitative estimate of drug-likeness (QED) is 0.913. The van der Waals surface area contributed by atoms with E-state index < -0.39 is 0 Å². The topological polar surface area (TPSA) is 30.5 Å². The summed E-state index contributed by atoms with van der Waals surface area (Å²) in [5.41, 5.74) is 1.48. The first-order valence-corrected chi connectivity index (χ1v) is 6.87. The van der Waals surface area contributed by atoms with Crippen molar-refractivity contribution in [2.45, 2.75) is 38.3 Å². The highest BCUT2D eigenvalue weighted by Crippen LogP contribution is 2.39. The minimum absolute atomic E-state index is 0.330. The van der Waals surface area contributed by atoms with E-state index in [1.54, 1.807) is 0 Å². The number of halogens is 1. The van der Waals surface area contributed by atoms with E-state index >= 15 is 0 Å². The van der Waals surface area contributed by atoms with Crippen molar-refractivity contribution in [1.82, 2.24) is 5.32 Å². The second-order valence-electron chi connectivity index (χ2n) is 5.37. The summed E-state index contributed by atoms with van der Waals surface area (Å²) in [7, 11) is 0. The molecule has 0 bridgehead atoms. The SMILES string of the molecule is CC1(NCc2cc(Cl)c3c(c2)OCCCO3)CC1. The Morgan fingerprint density at radius 3 is 2.83 bits per heavy atom. The van der Waals surface area contributed by atoms with Gasteiger partial charge in [0.25, 0.3) is 0 Å². The Bertz CT molecular complexity index is 457. The third-order valence-corrected chi connectivity index (χ3v) is 3.86. The number of benzene rings is 1. The number of fused-ring (bicyclic) bond motifs is 1. The lowest BCUT2D eigenvalue weighted by molar-refractivity contribution is 0.297. The van der Waals surface area contributed by atoms with Crippen LogP contribution in [0.25, 0.3) is 0 Å². The second-order valence-corrected chi connectivity index (χ2v) is 5.78. The molecule has 1 aliphatic heterocycles. The lowest BCUT2D eigenvalue weighted by Crippen LogP contribution is -2.26. The first-order valence-electron chi connectivity index (χ1n) is 6.49. The monoisotopic (exact) mass is 267 g/mol. The number of hydrogen-bond acceptors (Lipinski definition) is 3. The van der Waals surface area contributed by atoms with Gasteiger partial charge in [0.1, 0.15) is 0 Å². The number of nitrogens with one attached hydrogen (secondary N) is 1. The van der Waals surface area contributed by atoms with Gasteiger partial charge in [-0.3, -0.25) is 0 Å². The molecule has 2 aliphatic rings. The zero-order valence-electron chi connectivity index (χ0n) is 10.6. The summed E-state index contributed by atoms with van der Waals surface area (Å²) < 4.78 is 11.3. The van der Waals surface area contributed by atoms with Crippen LogP contribution in [0.5, 0.6) is 11.5 Å². The Labute approximate surface area is 112 Å². The molecule has 1 heterocycles. The van der Waals surface area contributed by atoms with Gasteiger partial charge in [-0.2, -0.15) is 0 Å². The van der Waals surface area contributed by atoms with Gasteiger partial charge in [0, 0.05) is 18.5 Å². The van der Waals surface area contributed by atoms with Crippen LogP contribution in [0, 0.1) is 0 Å². The van der Waals surface area contributed by atoms with E-state index in [-0.39, 0.29) is 0 Å². The second kappa shape index (κ2) is 4.63. The van der Waals surface area contributed by atoms with Crippen molar-refractivity contribution in [2.75, 3.05) is 13.2 Å². The lowest BCUT2D eigenvalue weighted by Gasteiger charge is -2.14. The van der Waals surface area contributed by atoms with Gasteiger partial charge >= 0.3 is 0 Å². The molecule has 0 amide bonds. The maximum absolute atomic E-state index is 6.25. The summed E-state index contributed by atoms with van der Waals surface area (Å²) >= 11 is 6.25. The number of hydrogen-bond donors (Lipinski definition) is 1. The van der Waals surface area contributed by atoms with Crippen molar-refractivity contribution in [3.8, 4) is 11.5 Å². The van der Waals surface area contributed by atoms with Gasteiger partial charge in [-0.15, -0.1) is 0 Å². The summed E-state index contributed by atoms with van der Waals surface area (Å²) in [5.74, 6) is 1.47. The van der Waals surface area contributed by atoms with Crippen molar-refractivity contribution in [2.24, 2.45) is 0 Å². The minimum Gasteiger partial charge on any atom is -0.489 e. The van der Waals surface area contributed by atoms with Crippen LogP contribution in [0.15, 0.2) is 12.1 Å². The molecule has 4 heteroatoms. The first kappa shape index (κ1) is 12.1. The minimum atomic E-state index is 0.330. The molecule has 1 aromatic carbocycles. The van der Waals surface area contributed by atoms with Crippen LogP contribution in [0.3, 0.4) is 0 Å². The average molecular weight is 268 g/mol. The van der Waals surface area contributed by atoms with Crippen molar-refractivity contribution in [3.63, 3.8) is 0 Å². The average Bonchev–Trinajstić information content (AvgIpc) is 3.10. The van der Waals surface area contributed by atoms with Crippen LogP contribution >= 0.6 is 11.6 Å². The molecular weight excluding hydrogens is 250 g/mol. The highest BCUT2D eigenvalue weighted by Gasteiger charge is 2.36. The molecule has 1 aromatic rings. The molecule has 1 N–H and O–H groups in total. The molecule has 18 heavy (non-hydrogen) atoms. The molecule has 0 aromatic heterocycles. The molecular formula is C14H18ClNO2. The first-order chi connectivity index (χ1) is 8.66. The summed E-state index contributed by atoms with van der Waals surface area (Å²) in [6, 6.07) is 4.00. The van der Waals surface area contributed by atoms with Crippen LogP contribution in [0.2, 0.25) is 5.02 Å². The van der Waals surface area contributed by atoms with Gasteiger partial charge in [-0.25, -0.2) is 0 Å². The fourth-order valence-electron chi connectivity index (χ4n) is 2.07. The fraction of sp³-hybridized carbons (Fsp3) is 0.571. The predicted octanol–water partition coefficient (Wildman–Crippen LogP) is 3.14. The van der Waals surface area contributed by atoms with E-state index in [2.05, 4.69) is 12.2 Å². The van der Waals surface area contributed by atoms with Crippen LogP contribution < -0.4 is 14.8 Å². The molecule has 0 spiro atoms. The van der Waals surface area contributed by atoms with Crippen LogP contribution in [0.1, 0.15) is 31.7 Å². The predicted molar refractivity (Wildman–Crippen MR) is 71.5 cm³/mol. The summed E-state index contributed by atoms with van der Waals surface area (Å²) in [6.45, 7) is 4.44. The van der Waals surface area contributed by atoms with E-state index in [0.717, 1.165) is 24.3 Å². The Hall–Kier alpha value is -0.930. The molecule has 0 unspecified atom stereocenters. The zero-order chi connectivity index (χ0) is 12.6. The van der Waals surface area contributed by atoms with Crippen molar-refractivity contribution in [3.05, 3.63) is 22.7 Å². The van der Waals surface area contributed by atoms with Gasteiger partial charge in [0.2, 0.25) is 0 Å². The third kappa shape index (κ3) is 2.57. The number of ether oxygens (including phenoxy) is 2. The van der Waals surface area contributed by atoms with E-state index in [0.29, 0.717) is 29.5 Å². The molecule has 0 saturated heterocycles. The Kier molecular flexibility index (Phi) is 3.12. The zero-order valence-corrected chi connectivity index (χ0v) is 11.3. The van der Waals surface area contributed by atoms with E-state index in [4.69, 9.17) is 21.1 Å².